The van der Waals surface area contributed by atoms with Crippen LogP contribution in [0, 0.1) is 0 Å². The Balaban J connectivity index is 2.66. The van der Waals surface area contributed by atoms with Gasteiger partial charge in [-0.3, -0.25) is 4.79 Å². The van der Waals surface area contributed by atoms with Crippen LogP contribution in [0.4, 0.5) is 0 Å². The molecule has 0 saturated heterocycles. The van der Waals surface area contributed by atoms with E-state index in [1.54, 1.807) is 0 Å². The van der Waals surface area contributed by atoms with Crippen LogP contribution in [0.25, 0.3) is 10.9 Å². The van der Waals surface area contributed by atoms with Gasteiger partial charge in [-0.1, -0.05) is 22.0 Å². The highest BCUT2D eigenvalue weighted by Crippen LogP contribution is 2.27. The molecule has 0 aliphatic heterocycles. The number of nitrogens with zero attached hydrogens (tertiary/aromatic N) is 1. The number of benzene rings is 1. The molecule has 1 heterocycles. The summed E-state index contributed by atoms with van der Waals surface area (Å²) < 4.78 is 3.08. The number of carboxylic acids is 1. The first-order chi connectivity index (χ1) is 7.99. The largest absolute Gasteiger partial charge is 0.481 e. The lowest BCUT2D eigenvalue weighted by atomic mass is 10.2. The molecule has 0 saturated carbocycles. The number of hydrogen-bond acceptors (Lipinski definition) is 1. The Kier molecular flexibility index (Phi) is 3.24. The molecule has 1 N–H and O–H groups in total. The van der Waals surface area contributed by atoms with Crippen LogP contribution in [0.2, 0.25) is 0 Å². The molecule has 0 radical (unpaired) electrons. The number of fused-ring (bicyclic) bond motifs is 1. The van der Waals surface area contributed by atoms with Gasteiger partial charge in [0.1, 0.15) is 0 Å². The Morgan fingerprint density at radius 3 is 2.71 bits per heavy atom. The molecule has 0 bridgehead atoms. The van der Waals surface area contributed by atoms with Crippen molar-refractivity contribution in [3.05, 3.63) is 34.4 Å². The van der Waals surface area contributed by atoms with E-state index in [1.807, 2.05) is 24.3 Å². The predicted molar refractivity (Wildman–Crippen MR) is 71.4 cm³/mol. The Bertz CT molecular complexity index is 572. The van der Waals surface area contributed by atoms with Gasteiger partial charge >= 0.3 is 5.97 Å². The van der Waals surface area contributed by atoms with Crippen molar-refractivity contribution in [1.82, 2.24) is 4.57 Å². The van der Waals surface area contributed by atoms with E-state index in [0.29, 0.717) is 0 Å². The number of aliphatic carboxylic acids is 1. The molecule has 90 valence electrons. The lowest BCUT2D eigenvalue weighted by molar-refractivity contribution is -0.136. The quantitative estimate of drug-likeness (QED) is 0.940. The fourth-order valence-corrected chi connectivity index (χ4v) is 2.50. The molecule has 1 aromatic carbocycles. The Hall–Kier alpha value is -1.29. The average Bonchev–Trinajstić information content (AvgIpc) is 2.53. The fraction of sp³-hybridized carbons (Fsp3) is 0.308. The molecule has 0 spiro atoms. The summed E-state index contributed by atoms with van der Waals surface area (Å²) in [5, 5.41) is 10.0. The molecule has 17 heavy (non-hydrogen) atoms. The molecule has 0 amide bonds. The molecule has 0 aliphatic carbocycles. The van der Waals surface area contributed by atoms with Gasteiger partial charge in [0, 0.05) is 21.7 Å². The molecular weight excluding hydrogens is 282 g/mol. The molecule has 3 nitrogen and oxygen atoms in total. The normalized spacial score (nSPS) is 11.3. The van der Waals surface area contributed by atoms with E-state index in [0.717, 1.165) is 21.1 Å². The van der Waals surface area contributed by atoms with Crippen molar-refractivity contribution < 1.29 is 9.90 Å². The highest BCUT2D eigenvalue weighted by molar-refractivity contribution is 9.10. The fourth-order valence-electron chi connectivity index (χ4n) is 2.15. The summed E-state index contributed by atoms with van der Waals surface area (Å²) in [6.45, 7) is 4.12. The zero-order valence-corrected chi connectivity index (χ0v) is 11.4. The maximum absolute atomic E-state index is 10.9. The van der Waals surface area contributed by atoms with Crippen molar-refractivity contribution in [3.63, 3.8) is 0 Å². The predicted octanol–water partition coefficient (Wildman–Crippen LogP) is 3.61. The summed E-state index contributed by atoms with van der Waals surface area (Å²) >= 11 is 3.45. The van der Waals surface area contributed by atoms with Crippen LogP contribution in [0.1, 0.15) is 25.6 Å². The van der Waals surface area contributed by atoms with Crippen LogP contribution >= 0.6 is 15.9 Å². The Morgan fingerprint density at radius 2 is 2.12 bits per heavy atom. The summed E-state index contributed by atoms with van der Waals surface area (Å²) in [4.78, 5) is 10.9. The maximum atomic E-state index is 10.9. The van der Waals surface area contributed by atoms with Crippen molar-refractivity contribution in [3.8, 4) is 0 Å². The first-order valence-electron chi connectivity index (χ1n) is 5.50. The van der Waals surface area contributed by atoms with Crippen LogP contribution in [0.5, 0.6) is 0 Å². The van der Waals surface area contributed by atoms with Crippen molar-refractivity contribution >= 4 is 32.8 Å². The van der Waals surface area contributed by atoms with Gasteiger partial charge in [0.25, 0.3) is 0 Å². The number of halogens is 1. The van der Waals surface area contributed by atoms with Crippen molar-refractivity contribution in [1.29, 1.82) is 0 Å². The van der Waals surface area contributed by atoms with Gasteiger partial charge in [0.15, 0.2) is 0 Å². The van der Waals surface area contributed by atoms with Gasteiger partial charge in [0.2, 0.25) is 0 Å². The first-order valence-corrected chi connectivity index (χ1v) is 6.29. The molecule has 0 fully saturated rings. The third kappa shape index (κ3) is 2.36. The van der Waals surface area contributed by atoms with Crippen molar-refractivity contribution in [2.45, 2.75) is 26.3 Å². The van der Waals surface area contributed by atoms with E-state index in [4.69, 9.17) is 5.11 Å². The van der Waals surface area contributed by atoms with Gasteiger partial charge < -0.3 is 9.67 Å². The minimum atomic E-state index is -0.797. The average molecular weight is 296 g/mol. The number of rotatable bonds is 3. The Morgan fingerprint density at radius 1 is 1.41 bits per heavy atom. The van der Waals surface area contributed by atoms with E-state index in [9.17, 15) is 4.79 Å². The summed E-state index contributed by atoms with van der Waals surface area (Å²) in [7, 11) is 0. The molecule has 0 unspecified atom stereocenters. The molecule has 2 rings (SSSR count). The molecule has 1 aromatic heterocycles. The zero-order chi connectivity index (χ0) is 12.6. The van der Waals surface area contributed by atoms with Gasteiger partial charge in [-0.25, -0.2) is 0 Å². The topological polar surface area (TPSA) is 42.2 Å². The number of aromatic nitrogens is 1. The second kappa shape index (κ2) is 4.53. The summed E-state index contributed by atoms with van der Waals surface area (Å²) in [6.07, 6.45) is 0.0600. The standard InChI is InChI=1S/C13H14BrNO2/c1-8(2)15-11(7-13(16)17)5-9-3-4-10(14)6-12(9)15/h3-6,8H,7H2,1-2H3,(H,16,17). The molecule has 4 heteroatoms. The minimum Gasteiger partial charge on any atom is -0.481 e. The van der Waals surface area contributed by atoms with Crippen LogP contribution in [0.15, 0.2) is 28.7 Å². The summed E-state index contributed by atoms with van der Waals surface area (Å²) in [5.74, 6) is -0.797. The zero-order valence-electron chi connectivity index (χ0n) is 9.77. The van der Waals surface area contributed by atoms with E-state index >= 15 is 0 Å². The summed E-state index contributed by atoms with van der Waals surface area (Å²) in [5.41, 5.74) is 1.92. The van der Waals surface area contributed by atoms with E-state index in [-0.39, 0.29) is 12.5 Å². The van der Waals surface area contributed by atoms with E-state index < -0.39 is 5.97 Å². The third-order valence-electron chi connectivity index (χ3n) is 2.73. The lowest BCUT2D eigenvalue weighted by Crippen LogP contribution is -2.09. The number of carboxylic acid groups (broad SMARTS) is 1. The van der Waals surface area contributed by atoms with Crippen LogP contribution < -0.4 is 0 Å². The van der Waals surface area contributed by atoms with Gasteiger partial charge in [-0.05, 0) is 37.4 Å². The smallest absolute Gasteiger partial charge is 0.309 e. The van der Waals surface area contributed by atoms with Crippen LogP contribution in [-0.2, 0) is 11.2 Å². The maximum Gasteiger partial charge on any atom is 0.309 e. The minimum absolute atomic E-state index is 0.0600. The third-order valence-corrected chi connectivity index (χ3v) is 3.23. The molecular formula is C13H14BrNO2. The highest BCUT2D eigenvalue weighted by atomic mass is 79.9. The number of hydrogen-bond donors (Lipinski definition) is 1. The van der Waals surface area contributed by atoms with Crippen LogP contribution in [-0.4, -0.2) is 15.6 Å². The van der Waals surface area contributed by atoms with Gasteiger partial charge in [0.05, 0.1) is 6.42 Å². The van der Waals surface area contributed by atoms with Crippen molar-refractivity contribution in [2.24, 2.45) is 0 Å². The summed E-state index contributed by atoms with van der Waals surface area (Å²) in [6, 6.07) is 8.20. The van der Waals surface area contributed by atoms with Gasteiger partial charge in [-0.15, -0.1) is 0 Å². The van der Waals surface area contributed by atoms with Gasteiger partial charge in [-0.2, -0.15) is 0 Å². The highest BCUT2D eigenvalue weighted by Gasteiger charge is 2.13. The second-order valence-corrected chi connectivity index (χ2v) is 5.29. The van der Waals surface area contributed by atoms with E-state index in [1.165, 1.54) is 0 Å². The molecule has 0 atom stereocenters. The lowest BCUT2D eigenvalue weighted by Gasteiger charge is -2.13. The molecule has 2 aromatic rings. The van der Waals surface area contributed by atoms with E-state index in [2.05, 4.69) is 34.3 Å². The molecule has 0 aliphatic rings. The van der Waals surface area contributed by atoms with Crippen LogP contribution in [0.3, 0.4) is 0 Å². The van der Waals surface area contributed by atoms with Crippen molar-refractivity contribution in [2.75, 3.05) is 0 Å². The monoisotopic (exact) mass is 295 g/mol. The Labute approximate surface area is 108 Å². The first kappa shape index (κ1) is 12.2. The number of carbonyl (C=O) groups is 1. The second-order valence-electron chi connectivity index (χ2n) is 4.37. The SMILES string of the molecule is CC(C)n1c(CC(=O)O)cc2ccc(Br)cc21.